The molecule has 4 nitrogen and oxygen atoms in total. The van der Waals surface area contributed by atoms with Crippen molar-refractivity contribution in [1.82, 2.24) is 9.38 Å². The number of hydrogen-bond acceptors (Lipinski definition) is 3. The molecule has 3 rings (SSSR count). The lowest BCUT2D eigenvalue weighted by molar-refractivity contribution is 0.386. The fourth-order valence-corrected chi connectivity index (χ4v) is 2.63. The number of aromatic nitrogens is 2. The van der Waals surface area contributed by atoms with E-state index in [-0.39, 0.29) is 5.75 Å². The molecule has 6 heteroatoms. The first-order valence-electron chi connectivity index (χ1n) is 6.30. The first-order valence-corrected chi connectivity index (χ1v) is 7.09. The Balaban J connectivity index is 2.24. The molecule has 2 aromatic heterocycles. The van der Waals surface area contributed by atoms with Crippen LogP contribution in [-0.4, -0.2) is 16.5 Å². The molecule has 0 bridgehead atoms. The summed E-state index contributed by atoms with van der Waals surface area (Å²) in [6, 6.07) is 8.45. The van der Waals surface area contributed by atoms with E-state index in [0.717, 1.165) is 15.8 Å². The lowest BCUT2D eigenvalue weighted by Gasteiger charge is -2.05. The number of imidazole rings is 1. The standard InChI is InChI=1S/C15H13BrFN3O/c1-8-10(16)4-6-13-19-14(15(18)20(8)13)9-3-5-12(21-2)11(17)7-9/h3-7H,18H2,1-2H3. The number of rotatable bonds is 2. The minimum Gasteiger partial charge on any atom is -0.494 e. The van der Waals surface area contributed by atoms with Gasteiger partial charge in [-0.05, 0) is 53.2 Å². The van der Waals surface area contributed by atoms with Crippen LogP contribution in [0.4, 0.5) is 10.2 Å². The Kier molecular flexibility index (Phi) is 3.33. The number of methoxy groups -OCH3 is 1. The summed E-state index contributed by atoms with van der Waals surface area (Å²) in [6.07, 6.45) is 0. The van der Waals surface area contributed by atoms with E-state index >= 15 is 0 Å². The van der Waals surface area contributed by atoms with Crippen LogP contribution in [0.1, 0.15) is 5.69 Å². The van der Waals surface area contributed by atoms with Gasteiger partial charge in [-0.2, -0.15) is 0 Å². The fourth-order valence-electron chi connectivity index (χ4n) is 2.32. The second-order valence-corrected chi connectivity index (χ2v) is 5.51. The lowest BCUT2D eigenvalue weighted by atomic mass is 10.1. The van der Waals surface area contributed by atoms with Gasteiger partial charge in [0.05, 0.1) is 7.11 Å². The molecule has 0 amide bonds. The van der Waals surface area contributed by atoms with E-state index in [1.54, 1.807) is 12.1 Å². The molecule has 0 aliphatic rings. The van der Waals surface area contributed by atoms with Crippen LogP contribution in [0.25, 0.3) is 16.9 Å². The van der Waals surface area contributed by atoms with Crippen LogP contribution in [0.3, 0.4) is 0 Å². The highest BCUT2D eigenvalue weighted by atomic mass is 79.9. The van der Waals surface area contributed by atoms with Gasteiger partial charge in [0.1, 0.15) is 17.2 Å². The molecule has 0 radical (unpaired) electrons. The number of fused-ring (bicyclic) bond motifs is 1. The topological polar surface area (TPSA) is 52.5 Å². The predicted molar refractivity (Wildman–Crippen MR) is 84.0 cm³/mol. The number of pyridine rings is 1. The molecule has 0 aliphatic heterocycles. The molecule has 0 saturated heterocycles. The Morgan fingerprint density at radius 1 is 1.29 bits per heavy atom. The normalized spacial score (nSPS) is 11.0. The summed E-state index contributed by atoms with van der Waals surface area (Å²) in [4.78, 5) is 4.49. The Bertz CT molecular complexity index is 845. The zero-order valence-electron chi connectivity index (χ0n) is 11.5. The van der Waals surface area contributed by atoms with Gasteiger partial charge in [0.25, 0.3) is 0 Å². The van der Waals surface area contributed by atoms with Gasteiger partial charge >= 0.3 is 0 Å². The lowest BCUT2D eigenvalue weighted by Crippen LogP contribution is -1.98. The van der Waals surface area contributed by atoms with Gasteiger partial charge in [-0.25, -0.2) is 9.37 Å². The molecular weight excluding hydrogens is 337 g/mol. The molecule has 2 N–H and O–H groups in total. The highest BCUT2D eigenvalue weighted by Crippen LogP contribution is 2.31. The number of aryl methyl sites for hydroxylation is 1. The molecule has 0 aliphatic carbocycles. The Morgan fingerprint density at radius 3 is 2.71 bits per heavy atom. The third kappa shape index (κ3) is 2.15. The average molecular weight is 350 g/mol. The highest BCUT2D eigenvalue weighted by molar-refractivity contribution is 9.10. The molecular formula is C15H13BrFN3O. The average Bonchev–Trinajstić information content (AvgIpc) is 2.80. The van der Waals surface area contributed by atoms with E-state index in [1.165, 1.54) is 13.2 Å². The Morgan fingerprint density at radius 2 is 2.05 bits per heavy atom. The van der Waals surface area contributed by atoms with Gasteiger partial charge in [-0.15, -0.1) is 0 Å². The van der Waals surface area contributed by atoms with Crippen molar-refractivity contribution in [2.24, 2.45) is 0 Å². The van der Waals surface area contributed by atoms with Gasteiger partial charge in [-0.3, -0.25) is 4.40 Å². The zero-order chi connectivity index (χ0) is 15.1. The van der Waals surface area contributed by atoms with Crippen molar-refractivity contribution in [3.63, 3.8) is 0 Å². The summed E-state index contributed by atoms with van der Waals surface area (Å²) in [5.41, 5.74) is 9.02. The van der Waals surface area contributed by atoms with E-state index in [0.29, 0.717) is 17.1 Å². The van der Waals surface area contributed by atoms with E-state index in [1.807, 2.05) is 23.5 Å². The molecule has 108 valence electrons. The monoisotopic (exact) mass is 349 g/mol. The van der Waals surface area contributed by atoms with Crippen molar-refractivity contribution in [2.75, 3.05) is 12.8 Å². The smallest absolute Gasteiger partial charge is 0.165 e. The number of nitrogen functional groups attached to an aromatic ring is 1. The summed E-state index contributed by atoms with van der Waals surface area (Å²) < 4.78 is 21.6. The number of nitrogens with two attached hydrogens (primary N) is 1. The highest BCUT2D eigenvalue weighted by Gasteiger charge is 2.15. The van der Waals surface area contributed by atoms with Crippen LogP contribution >= 0.6 is 15.9 Å². The van der Waals surface area contributed by atoms with E-state index in [4.69, 9.17) is 10.5 Å². The summed E-state index contributed by atoms with van der Waals surface area (Å²) in [5.74, 6) is 0.234. The molecule has 0 saturated carbocycles. The fraction of sp³-hybridized carbons (Fsp3) is 0.133. The van der Waals surface area contributed by atoms with Gasteiger partial charge in [0, 0.05) is 15.7 Å². The predicted octanol–water partition coefficient (Wildman–Crippen LogP) is 3.80. The molecule has 0 fully saturated rings. The van der Waals surface area contributed by atoms with Crippen molar-refractivity contribution < 1.29 is 9.13 Å². The number of anilines is 1. The number of benzene rings is 1. The summed E-state index contributed by atoms with van der Waals surface area (Å²) in [6.45, 7) is 1.94. The molecule has 0 spiro atoms. The van der Waals surface area contributed by atoms with Crippen molar-refractivity contribution in [3.05, 3.63) is 46.3 Å². The summed E-state index contributed by atoms with van der Waals surface area (Å²) in [7, 11) is 1.43. The van der Waals surface area contributed by atoms with Crippen molar-refractivity contribution in [1.29, 1.82) is 0 Å². The summed E-state index contributed by atoms with van der Waals surface area (Å²) >= 11 is 3.47. The maximum atomic E-state index is 13.9. The second-order valence-electron chi connectivity index (χ2n) is 4.66. The Labute approximate surface area is 129 Å². The van der Waals surface area contributed by atoms with E-state index < -0.39 is 5.82 Å². The zero-order valence-corrected chi connectivity index (χ0v) is 13.1. The van der Waals surface area contributed by atoms with E-state index in [9.17, 15) is 4.39 Å². The van der Waals surface area contributed by atoms with Crippen LogP contribution in [0.5, 0.6) is 5.75 Å². The summed E-state index contributed by atoms with van der Waals surface area (Å²) in [5, 5.41) is 0. The van der Waals surface area contributed by atoms with Crippen LogP contribution in [-0.2, 0) is 0 Å². The second kappa shape index (κ2) is 5.04. The molecule has 0 atom stereocenters. The molecule has 1 aromatic carbocycles. The van der Waals surface area contributed by atoms with Crippen LogP contribution in [0.2, 0.25) is 0 Å². The van der Waals surface area contributed by atoms with Gasteiger partial charge in [-0.1, -0.05) is 0 Å². The van der Waals surface area contributed by atoms with Crippen LogP contribution in [0.15, 0.2) is 34.8 Å². The van der Waals surface area contributed by atoms with Gasteiger partial charge < -0.3 is 10.5 Å². The van der Waals surface area contributed by atoms with Crippen LogP contribution < -0.4 is 10.5 Å². The third-order valence-corrected chi connectivity index (χ3v) is 4.26. The van der Waals surface area contributed by atoms with Crippen molar-refractivity contribution in [3.8, 4) is 17.0 Å². The maximum Gasteiger partial charge on any atom is 0.165 e. The Hall–Kier alpha value is -2.08. The molecule has 3 aromatic rings. The van der Waals surface area contributed by atoms with Crippen molar-refractivity contribution >= 4 is 27.4 Å². The molecule has 0 unspecified atom stereocenters. The minimum atomic E-state index is -0.440. The number of nitrogens with zero attached hydrogens (tertiary/aromatic N) is 2. The minimum absolute atomic E-state index is 0.194. The number of hydrogen-bond donors (Lipinski definition) is 1. The SMILES string of the molecule is COc1ccc(-c2nc3ccc(Br)c(C)n3c2N)cc1F. The quantitative estimate of drug-likeness (QED) is 0.765. The maximum absolute atomic E-state index is 13.9. The van der Waals surface area contributed by atoms with Gasteiger partial charge in [0.15, 0.2) is 11.6 Å². The van der Waals surface area contributed by atoms with Crippen LogP contribution in [0, 0.1) is 12.7 Å². The molecule has 2 heterocycles. The number of halogens is 2. The first-order chi connectivity index (χ1) is 10.0. The molecule has 21 heavy (non-hydrogen) atoms. The van der Waals surface area contributed by atoms with Gasteiger partial charge in [0.2, 0.25) is 0 Å². The van der Waals surface area contributed by atoms with E-state index in [2.05, 4.69) is 20.9 Å². The largest absolute Gasteiger partial charge is 0.494 e. The third-order valence-electron chi connectivity index (χ3n) is 3.42. The number of ether oxygens (including phenoxy) is 1. The van der Waals surface area contributed by atoms with Crippen molar-refractivity contribution in [2.45, 2.75) is 6.92 Å². The first kappa shape index (κ1) is 13.9.